The molecule has 1 aliphatic carbocycles. The van der Waals surface area contributed by atoms with Crippen LogP contribution >= 0.6 is 11.3 Å². The Morgan fingerprint density at radius 1 is 1.33 bits per heavy atom. The number of hydrogen-bond acceptors (Lipinski definition) is 2. The molecule has 1 heterocycles. The van der Waals surface area contributed by atoms with E-state index in [0.29, 0.717) is 5.92 Å². The Kier molecular flexibility index (Phi) is 2.26. The smallest absolute Gasteiger partial charge is 0.0348 e. The fraction of sp³-hybridized carbons (Fsp3) is 0.385. The molecule has 0 unspecified atom stereocenters. The molecule has 3 rings (SSSR count). The summed E-state index contributed by atoms with van der Waals surface area (Å²) in [6.07, 6.45) is 3.70. The van der Waals surface area contributed by atoms with Gasteiger partial charge in [-0.3, -0.25) is 0 Å². The highest BCUT2D eigenvalue weighted by Gasteiger charge is 2.21. The Morgan fingerprint density at radius 3 is 3.07 bits per heavy atom. The predicted molar refractivity (Wildman–Crippen MR) is 66.4 cm³/mol. The van der Waals surface area contributed by atoms with Crippen molar-refractivity contribution in [2.45, 2.75) is 19.3 Å². The van der Waals surface area contributed by atoms with Crippen molar-refractivity contribution in [3.63, 3.8) is 0 Å². The molecule has 0 bridgehead atoms. The van der Waals surface area contributed by atoms with Crippen LogP contribution in [-0.4, -0.2) is 6.54 Å². The van der Waals surface area contributed by atoms with Crippen LogP contribution in [-0.2, 0) is 12.8 Å². The fourth-order valence-corrected chi connectivity index (χ4v) is 3.75. The van der Waals surface area contributed by atoms with Crippen LogP contribution in [0, 0.1) is 5.92 Å². The number of benzene rings is 1. The Labute approximate surface area is 93.9 Å². The summed E-state index contributed by atoms with van der Waals surface area (Å²) < 4.78 is 1.44. The van der Waals surface area contributed by atoms with Gasteiger partial charge in [0.1, 0.15) is 0 Å². The van der Waals surface area contributed by atoms with Crippen LogP contribution in [0.25, 0.3) is 10.1 Å². The molecule has 1 aromatic heterocycles. The Balaban J connectivity index is 2.14. The van der Waals surface area contributed by atoms with Crippen LogP contribution in [0.2, 0.25) is 0 Å². The molecule has 0 fully saturated rings. The van der Waals surface area contributed by atoms with E-state index in [2.05, 4.69) is 24.3 Å². The molecule has 78 valence electrons. The van der Waals surface area contributed by atoms with Gasteiger partial charge < -0.3 is 5.73 Å². The van der Waals surface area contributed by atoms with Gasteiger partial charge in [-0.25, -0.2) is 0 Å². The molecular formula is C13H15NS. The van der Waals surface area contributed by atoms with Crippen LogP contribution < -0.4 is 5.73 Å². The lowest BCUT2D eigenvalue weighted by atomic mass is 9.87. The van der Waals surface area contributed by atoms with Crippen molar-refractivity contribution >= 4 is 21.4 Å². The molecule has 0 saturated carbocycles. The van der Waals surface area contributed by atoms with E-state index in [-0.39, 0.29) is 0 Å². The first kappa shape index (κ1) is 9.37. The SMILES string of the molecule is NC[C@@H]1CCc2sc3ccccc3c2C1. The zero-order valence-electron chi connectivity index (χ0n) is 8.70. The highest BCUT2D eigenvalue weighted by Crippen LogP contribution is 2.37. The molecule has 0 saturated heterocycles. The number of nitrogens with two attached hydrogens (primary N) is 1. The second-order valence-corrected chi connectivity index (χ2v) is 5.48. The predicted octanol–water partition coefficient (Wildman–Crippen LogP) is 2.96. The van der Waals surface area contributed by atoms with Gasteiger partial charge in [0.05, 0.1) is 0 Å². The Morgan fingerprint density at radius 2 is 2.20 bits per heavy atom. The van der Waals surface area contributed by atoms with Gasteiger partial charge >= 0.3 is 0 Å². The van der Waals surface area contributed by atoms with Crippen molar-refractivity contribution in [1.82, 2.24) is 0 Å². The maximum atomic E-state index is 5.78. The van der Waals surface area contributed by atoms with E-state index in [9.17, 15) is 0 Å². The largest absolute Gasteiger partial charge is 0.330 e. The molecule has 1 nitrogen and oxygen atoms in total. The van der Waals surface area contributed by atoms with Gasteiger partial charge in [0.2, 0.25) is 0 Å². The summed E-state index contributed by atoms with van der Waals surface area (Å²) in [5.41, 5.74) is 7.36. The highest BCUT2D eigenvalue weighted by molar-refractivity contribution is 7.19. The topological polar surface area (TPSA) is 26.0 Å². The van der Waals surface area contributed by atoms with Crippen LogP contribution in [0.3, 0.4) is 0 Å². The van der Waals surface area contributed by atoms with Gasteiger partial charge in [-0.05, 0) is 48.7 Å². The number of aryl methyl sites for hydroxylation is 1. The summed E-state index contributed by atoms with van der Waals surface area (Å²) in [6, 6.07) is 8.76. The van der Waals surface area contributed by atoms with E-state index < -0.39 is 0 Å². The molecule has 0 amide bonds. The summed E-state index contributed by atoms with van der Waals surface area (Å²) in [7, 11) is 0. The standard InChI is InChI=1S/C13H15NS/c14-8-9-5-6-13-11(7-9)10-3-1-2-4-12(10)15-13/h1-4,9H,5-8,14H2/t9-/m1/s1. The number of fused-ring (bicyclic) bond motifs is 3. The first-order valence-electron chi connectivity index (χ1n) is 5.58. The van der Waals surface area contributed by atoms with E-state index in [1.807, 2.05) is 11.3 Å². The lowest BCUT2D eigenvalue weighted by Crippen LogP contribution is -2.21. The van der Waals surface area contributed by atoms with Gasteiger partial charge in [0, 0.05) is 9.58 Å². The minimum atomic E-state index is 0.704. The summed E-state index contributed by atoms with van der Waals surface area (Å²) in [4.78, 5) is 1.60. The lowest BCUT2D eigenvalue weighted by molar-refractivity contribution is 0.475. The molecule has 0 spiro atoms. The van der Waals surface area contributed by atoms with Crippen molar-refractivity contribution in [2.75, 3.05) is 6.54 Å². The number of hydrogen-bond donors (Lipinski definition) is 1. The zero-order chi connectivity index (χ0) is 10.3. The van der Waals surface area contributed by atoms with Gasteiger partial charge in [-0.2, -0.15) is 0 Å². The maximum absolute atomic E-state index is 5.78. The van der Waals surface area contributed by atoms with Crippen molar-refractivity contribution in [3.8, 4) is 0 Å². The summed E-state index contributed by atoms with van der Waals surface area (Å²) in [5.74, 6) is 0.704. The molecule has 2 aromatic rings. The molecule has 1 aromatic carbocycles. The molecule has 1 aliphatic rings. The molecule has 0 radical (unpaired) electrons. The molecule has 0 aliphatic heterocycles. The van der Waals surface area contributed by atoms with Crippen LogP contribution in [0.1, 0.15) is 16.9 Å². The Bertz CT molecular complexity index is 486. The van der Waals surface area contributed by atoms with E-state index in [0.717, 1.165) is 6.54 Å². The van der Waals surface area contributed by atoms with Crippen molar-refractivity contribution in [2.24, 2.45) is 11.7 Å². The minimum absolute atomic E-state index is 0.704. The van der Waals surface area contributed by atoms with Crippen molar-refractivity contribution < 1.29 is 0 Å². The molecule has 1 atom stereocenters. The zero-order valence-corrected chi connectivity index (χ0v) is 9.52. The van der Waals surface area contributed by atoms with Crippen LogP contribution in [0.4, 0.5) is 0 Å². The van der Waals surface area contributed by atoms with Gasteiger partial charge in [0.15, 0.2) is 0 Å². The Hall–Kier alpha value is -0.860. The molecule has 2 heteroatoms. The quantitative estimate of drug-likeness (QED) is 0.781. The third-order valence-corrected chi connectivity index (χ3v) is 4.66. The summed E-state index contributed by atoms with van der Waals surface area (Å²) >= 11 is 1.97. The highest BCUT2D eigenvalue weighted by atomic mass is 32.1. The van der Waals surface area contributed by atoms with Crippen molar-refractivity contribution in [1.29, 1.82) is 0 Å². The molecule has 2 N–H and O–H groups in total. The van der Waals surface area contributed by atoms with Gasteiger partial charge in [0.25, 0.3) is 0 Å². The van der Waals surface area contributed by atoms with E-state index in [4.69, 9.17) is 5.73 Å². The first-order valence-corrected chi connectivity index (χ1v) is 6.39. The van der Waals surface area contributed by atoms with Crippen molar-refractivity contribution in [3.05, 3.63) is 34.7 Å². The fourth-order valence-electron chi connectivity index (χ4n) is 2.50. The monoisotopic (exact) mass is 217 g/mol. The average molecular weight is 217 g/mol. The first-order chi connectivity index (χ1) is 7.38. The maximum Gasteiger partial charge on any atom is 0.0348 e. The van der Waals surface area contributed by atoms with E-state index in [1.165, 1.54) is 29.3 Å². The van der Waals surface area contributed by atoms with Gasteiger partial charge in [-0.15, -0.1) is 11.3 Å². The second-order valence-electron chi connectivity index (χ2n) is 4.34. The third-order valence-electron chi connectivity index (χ3n) is 3.39. The third kappa shape index (κ3) is 1.48. The van der Waals surface area contributed by atoms with E-state index >= 15 is 0 Å². The number of thiophene rings is 1. The lowest BCUT2D eigenvalue weighted by Gasteiger charge is -2.20. The van der Waals surface area contributed by atoms with Crippen LogP contribution in [0.15, 0.2) is 24.3 Å². The second kappa shape index (κ2) is 3.62. The van der Waals surface area contributed by atoms with Gasteiger partial charge in [-0.1, -0.05) is 18.2 Å². The van der Waals surface area contributed by atoms with E-state index in [1.54, 1.807) is 10.4 Å². The average Bonchev–Trinajstić information content (AvgIpc) is 2.66. The minimum Gasteiger partial charge on any atom is -0.330 e. The molecular weight excluding hydrogens is 202 g/mol. The summed E-state index contributed by atoms with van der Waals surface area (Å²) in [5, 5.41) is 1.47. The number of rotatable bonds is 1. The van der Waals surface area contributed by atoms with Crippen LogP contribution in [0.5, 0.6) is 0 Å². The molecule has 15 heavy (non-hydrogen) atoms. The normalized spacial score (nSPS) is 20.5. The summed E-state index contributed by atoms with van der Waals surface area (Å²) in [6.45, 7) is 0.837.